The second-order valence-electron chi connectivity index (χ2n) is 1.92. The van der Waals surface area contributed by atoms with Crippen molar-refractivity contribution in [2.45, 2.75) is 6.54 Å². The highest BCUT2D eigenvalue weighted by Crippen LogP contribution is 2.18. The minimum absolute atomic E-state index is 0. The first-order valence-electron chi connectivity index (χ1n) is 2.88. The van der Waals surface area contributed by atoms with Crippen LogP contribution in [0.15, 0.2) is 18.2 Å². The Labute approximate surface area is 75.8 Å². The summed E-state index contributed by atoms with van der Waals surface area (Å²) in [5, 5.41) is 0.130. The van der Waals surface area contributed by atoms with E-state index in [9.17, 15) is 4.39 Å². The van der Waals surface area contributed by atoms with Crippen LogP contribution in [0.4, 0.5) is 4.39 Å². The molecule has 62 valence electrons. The van der Waals surface area contributed by atoms with E-state index in [1.165, 1.54) is 6.07 Å². The highest BCUT2D eigenvalue weighted by atomic mass is 35.5. The molecule has 0 aliphatic carbocycles. The average Bonchev–Trinajstić information content (AvgIpc) is 1.95. The van der Waals surface area contributed by atoms with Crippen molar-refractivity contribution in [2.24, 2.45) is 5.73 Å². The summed E-state index contributed by atoms with van der Waals surface area (Å²) in [5.41, 5.74) is 5.91. The molecule has 0 fully saturated rings. The zero-order valence-corrected chi connectivity index (χ0v) is 7.25. The number of halogens is 3. The van der Waals surface area contributed by atoms with Crippen LogP contribution in [0.2, 0.25) is 5.02 Å². The molecule has 0 aromatic heterocycles. The van der Waals surface area contributed by atoms with Crippen molar-refractivity contribution >= 4 is 24.0 Å². The van der Waals surface area contributed by atoms with E-state index in [0.717, 1.165) is 0 Å². The van der Waals surface area contributed by atoms with Gasteiger partial charge in [-0.05, 0) is 11.6 Å². The lowest BCUT2D eigenvalue weighted by molar-refractivity contribution is 0.626. The van der Waals surface area contributed by atoms with Crippen molar-refractivity contribution in [3.63, 3.8) is 0 Å². The Balaban J connectivity index is 0.000001000. The quantitative estimate of drug-likeness (QED) is 0.732. The highest BCUT2D eigenvalue weighted by molar-refractivity contribution is 6.31. The summed E-state index contributed by atoms with van der Waals surface area (Å²) in [4.78, 5) is 0. The fourth-order valence-corrected chi connectivity index (χ4v) is 0.909. The molecule has 0 aliphatic rings. The van der Waals surface area contributed by atoms with Gasteiger partial charge >= 0.3 is 0 Å². The molecule has 0 aliphatic heterocycles. The van der Waals surface area contributed by atoms with Gasteiger partial charge in [0, 0.05) is 6.54 Å². The van der Waals surface area contributed by atoms with Crippen molar-refractivity contribution in [3.8, 4) is 0 Å². The molecule has 0 radical (unpaired) electrons. The molecule has 4 heteroatoms. The van der Waals surface area contributed by atoms with E-state index < -0.39 is 5.82 Å². The molecule has 11 heavy (non-hydrogen) atoms. The molecule has 0 saturated carbocycles. The lowest BCUT2D eigenvalue weighted by atomic mass is 10.2. The van der Waals surface area contributed by atoms with Gasteiger partial charge in [-0.15, -0.1) is 12.4 Å². The normalized spacial score (nSPS) is 9.00. The molecule has 0 atom stereocenters. The van der Waals surface area contributed by atoms with E-state index in [4.69, 9.17) is 17.3 Å². The molecular formula is C7H8Cl2FN. The van der Waals surface area contributed by atoms with Crippen LogP contribution in [0.1, 0.15) is 5.56 Å². The van der Waals surface area contributed by atoms with Crippen LogP contribution in [0.5, 0.6) is 0 Å². The van der Waals surface area contributed by atoms with Crippen LogP contribution >= 0.6 is 24.0 Å². The summed E-state index contributed by atoms with van der Waals surface area (Å²) < 4.78 is 12.6. The predicted octanol–water partition coefficient (Wildman–Crippen LogP) is 2.36. The standard InChI is InChI=1S/C7H7ClFN.ClH/c8-7-5(4-10)2-1-3-6(7)9;/h1-3H,4,10H2;1H. The smallest absolute Gasteiger partial charge is 0.142 e. The van der Waals surface area contributed by atoms with Crippen LogP contribution in [-0.2, 0) is 6.54 Å². The van der Waals surface area contributed by atoms with E-state index in [1.54, 1.807) is 12.1 Å². The van der Waals surface area contributed by atoms with Gasteiger partial charge in [0.05, 0.1) is 5.02 Å². The van der Waals surface area contributed by atoms with Gasteiger partial charge in [0.25, 0.3) is 0 Å². The van der Waals surface area contributed by atoms with E-state index in [-0.39, 0.29) is 24.0 Å². The maximum atomic E-state index is 12.6. The minimum atomic E-state index is -0.412. The maximum absolute atomic E-state index is 12.6. The summed E-state index contributed by atoms with van der Waals surface area (Å²) in [6.45, 7) is 0.274. The summed E-state index contributed by atoms with van der Waals surface area (Å²) in [7, 11) is 0. The molecule has 1 nitrogen and oxygen atoms in total. The Morgan fingerprint density at radius 3 is 2.55 bits per heavy atom. The maximum Gasteiger partial charge on any atom is 0.142 e. The van der Waals surface area contributed by atoms with Gasteiger partial charge in [-0.25, -0.2) is 4.39 Å². The third kappa shape index (κ3) is 2.33. The third-order valence-corrected chi connectivity index (χ3v) is 1.67. The minimum Gasteiger partial charge on any atom is -0.326 e. The average molecular weight is 196 g/mol. The van der Waals surface area contributed by atoms with Gasteiger partial charge in [0.15, 0.2) is 0 Å². The molecule has 0 spiro atoms. The fourth-order valence-electron chi connectivity index (χ4n) is 0.706. The Hall–Kier alpha value is -0.310. The van der Waals surface area contributed by atoms with Gasteiger partial charge in [0.1, 0.15) is 5.82 Å². The van der Waals surface area contributed by atoms with Crippen molar-refractivity contribution in [1.82, 2.24) is 0 Å². The Morgan fingerprint density at radius 1 is 1.45 bits per heavy atom. The zero-order valence-electron chi connectivity index (χ0n) is 5.68. The van der Waals surface area contributed by atoms with Crippen LogP contribution in [0.25, 0.3) is 0 Å². The first-order valence-corrected chi connectivity index (χ1v) is 3.26. The third-order valence-electron chi connectivity index (χ3n) is 1.25. The first-order chi connectivity index (χ1) is 4.75. The van der Waals surface area contributed by atoms with Gasteiger partial charge in [-0.3, -0.25) is 0 Å². The molecule has 1 aromatic rings. The summed E-state index contributed by atoms with van der Waals surface area (Å²) in [6, 6.07) is 4.59. The Kier molecular flexibility index (Phi) is 4.42. The monoisotopic (exact) mass is 195 g/mol. The van der Waals surface area contributed by atoms with Crippen LogP contribution in [0.3, 0.4) is 0 Å². The lowest BCUT2D eigenvalue weighted by Crippen LogP contribution is -1.97. The Morgan fingerprint density at radius 2 is 2.09 bits per heavy atom. The van der Waals surface area contributed by atoms with Crippen molar-refractivity contribution in [3.05, 3.63) is 34.6 Å². The van der Waals surface area contributed by atoms with Gasteiger partial charge in [-0.2, -0.15) is 0 Å². The van der Waals surface area contributed by atoms with Crippen LogP contribution < -0.4 is 5.73 Å². The number of rotatable bonds is 1. The van der Waals surface area contributed by atoms with Crippen molar-refractivity contribution in [1.29, 1.82) is 0 Å². The van der Waals surface area contributed by atoms with Crippen LogP contribution in [0, 0.1) is 5.82 Å². The van der Waals surface area contributed by atoms with Crippen LogP contribution in [-0.4, -0.2) is 0 Å². The number of hydrogen-bond donors (Lipinski definition) is 1. The lowest BCUT2D eigenvalue weighted by Gasteiger charge is -1.99. The van der Waals surface area contributed by atoms with E-state index >= 15 is 0 Å². The predicted molar refractivity (Wildman–Crippen MR) is 46.5 cm³/mol. The fraction of sp³-hybridized carbons (Fsp3) is 0.143. The van der Waals surface area contributed by atoms with Crippen molar-refractivity contribution in [2.75, 3.05) is 0 Å². The van der Waals surface area contributed by atoms with Crippen molar-refractivity contribution < 1.29 is 4.39 Å². The van der Waals surface area contributed by atoms with E-state index in [2.05, 4.69) is 0 Å². The van der Waals surface area contributed by atoms with E-state index in [1.807, 2.05) is 0 Å². The van der Waals surface area contributed by atoms with Gasteiger partial charge in [-0.1, -0.05) is 23.7 Å². The molecule has 0 bridgehead atoms. The summed E-state index contributed by atoms with van der Waals surface area (Å²) >= 11 is 5.54. The Bertz CT molecular complexity index is 240. The zero-order chi connectivity index (χ0) is 7.56. The topological polar surface area (TPSA) is 26.0 Å². The number of benzene rings is 1. The summed E-state index contributed by atoms with van der Waals surface area (Å²) in [5.74, 6) is -0.412. The number of nitrogens with two attached hydrogens (primary N) is 1. The van der Waals surface area contributed by atoms with Gasteiger partial charge < -0.3 is 5.73 Å². The molecule has 1 aromatic carbocycles. The number of hydrogen-bond acceptors (Lipinski definition) is 1. The SMILES string of the molecule is Cl.NCc1cccc(F)c1Cl. The molecular weight excluding hydrogens is 188 g/mol. The second-order valence-corrected chi connectivity index (χ2v) is 2.30. The molecule has 2 N–H and O–H groups in total. The first kappa shape index (κ1) is 10.7. The molecule has 0 saturated heterocycles. The van der Waals surface area contributed by atoms with Gasteiger partial charge in [0.2, 0.25) is 0 Å². The molecule has 1 rings (SSSR count). The highest BCUT2D eigenvalue weighted by Gasteiger charge is 2.01. The largest absolute Gasteiger partial charge is 0.326 e. The molecule has 0 heterocycles. The van der Waals surface area contributed by atoms with E-state index in [0.29, 0.717) is 5.56 Å². The molecule has 0 amide bonds. The second kappa shape index (κ2) is 4.54. The summed E-state index contributed by atoms with van der Waals surface area (Å²) in [6.07, 6.45) is 0. The molecule has 0 unspecified atom stereocenters.